The third kappa shape index (κ3) is 3.55. The van der Waals surface area contributed by atoms with E-state index in [-0.39, 0.29) is 6.04 Å². The Morgan fingerprint density at radius 1 is 1.29 bits per heavy atom. The van der Waals surface area contributed by atoms with Gasteiger partial charge in [0.1, 0.15) is 5.82 Å². The Morgan fingerprint density at radius 3 is 2.86 bits per heavy atom. The van der Waals surface area contributed by atoms with Gasteiger partial charge in [0, 0.05) is 31.4 Å². The highest BCUT2D eigenvalue weighted by atomic mass is 15.3. The number of anilines is 1. The van der Waals surface area contributed by atoms with E-state index in [4.69, 9.17) is 5.73 Å². The Labute approximate surface area is 128 Å². The predicted octanol–water partition coefficient (Wildman–Crippen LogP) is 2.04. The highest BCUT2D eigenvalue weighted by molar-refractivity contribution is 5.48. The zero-order valence-corrected chi connectivity index (χ0v) is 13.2. The Bertz CT molecular complexity index is 454. The number of hydrogen-bond acceptors (Lipinski definition) is 4. The van der Waals surface area contributed by atoms with Crippen molar-refractivity contribution in [1.82, 2.24) is 9.88 Å². The smallest absolute Gasteiger partial charge is 0.131 e. The maximum Gasteiger partial charge on any atom is 0.131 e. The van der Waals surface area contributed by atoms with Gasteiger partial charge in [0.15, 0.2) is 0 Å². The summed E-state index contributed by atoms with van der Waals surface area (Å²) in [7, 11) is 0. The first-order valence-corrected chi connectivity index (χ1v) is 8.42. The first-order chi connectivity index (χ1) is 10.2. The molecule has 0 saturated carbocycles. The minimum Gasteiger partial charge on any atom is -0.355 e. The Kier molecular flexibility index (Phi) is 4.76. The van der Waals surface area contributed by atoms with Crippen molar-refractivity contribution in [3.63, 3.8) is 0 Å². The van der Waals surface area contributed by atoms with Gasteiger partial charge < -0.3 is 10.6 Å². The zero-order valence-electron chi connectivity index (χ0n) is 13.2. The highest BCUT2D eigenvalue weighted by Gasteiger charge is 2.29. The maximum atomic E-state index is 5.98. The summed E-state index contributed by atoms with van der Waals surface area (Å²) < 4.78 is 0. The van der Waals surface area contributed by atoms with Gasteiger partial charge in [-0.15, -0.1) is 0 Å². The zero-order chi connectivity index (χ0) is 14.7. The Morgan fingerprint density at radius 2 is 2.10 bits per heavy atom. The molecule has 3 heterocycles. The van der Waals surface area contributed by atoms with Crippen LogP contribution in [0.3, 0.4) is 0 Å². The molecule has 2 aliphatic heterocycles. The van der Waals surface area contributed by atoms with E-state index in [0.717, 1.165) is 31.4 Å². The third-order valence-corrected chi connectivity index (χ3v) is 4.78. The number of pyridine rings is 1. The molecular weight excluding hydrogens is 260 g/mol. The number of aromatic nitrogens is 1. The minimum atomic E-state index is 0.188. The van der Waals surface area contributed by atoms with Crippen molar-refractivity contribution < 1.29 is 0 Å². The molecule has 2 N–H and O–H groups in total. The molecule has 4 heteroatoms. The van der Waals surface area contributed by atoms with Crippen LogP contribution in [0.1, 0.15) is 38.2 Å². The van der Waals surface area contributed by atoms with Crippen molar-refractivity contribution in [3.8, 4) is 0 Å². The summed E-state index contributed by atoms with van der Waals surface area (Å²) in [5.41, 5.74) is 7.28. The molecule has 0 amide bonds. The lowest BCUT2D eigenvalue weighted by atomic mass is 10.1. The van der Waals surface area contributed by atoms with Crippen molar-refractivity contribution in [2.75, 3.05) is 31.1 Å². The number of rotatable bonds is 4. The van der Waals surface area contributed by atoms with Gasteiger partial charge in [0.25, 0.3) is 0 Å². The maximum absolute atomic E-state index is 5.98. The highest BCUT2D eigenvalue weighted by Crippen LogP contribution is 2.26. The number of piperidine rings is 1. The SMILES string of the molecule is CC(N)Cc1cccnc1N1CCC(N2CCCCC2)C1. The summed E-state index contributed by atoms with van der Waals surface area (Å²) in [6.45, 7) is 6.89. The molecular formula is C17H28N4. The van der Waals surface area contributed by atoms with Crippen LogP contribution in [-0.2, 0) is 6.42 Å². The summed E-state index contributed by atoms with van der Waals surface area (Å²) >= 11 is 0. The van der Waals surface area contributed by atoms with Crippen LogP contribution in [0.5, 0.6) is 0 Å². The molecule has 4 nitrogen and oxygen atoms in total. The van der Waals surface area contributed by atoms with E-state index in [1.165, 1.54) is 44.3 Å². The average molecular weight is 288 g/mol. The van der Waals surface area contributed by atoms with E-state index in [0.29, 0.717) is 0 Å². The lowest BCUT2D eigenvalue weighted by Gasteiger charge is -2.32. The minimum absolute atomic E-state index is 0.188. The van der Waals surface area contributed by atoms with E-state index >= 15 is 0 Å². The van der Waals surface area contributed by atoms with Gasteiger partial charge in [0.2, 0.25) is 0 Å². The van der Waals surface area contributed by atoms with Gasteiger partial charge in [-0.1, -0.05) is 12.5 Å². The fourth-order valence-corrected chi connectivity index (χ4v) is 3.74. The Hall–Kier alpha value is -1.13. The molecule has 1 aromatic rings. The van der Waals surface area contributed by atoms with Gasteiger partial charge in [0.05, 0.1) is 0 Å². The molecule has 0 bridgehead atoms. The van der Waals surface area contributed by atoms with Crippen LogP contribution in [0.4, 0.5) is 5.82 Å². The quantitative estimate of drug-likeness (QED) is 0.921. The second-order valence-electron chi connectivity index (χ2n) is 6.65. The molecule has 1 aromatic heterocycles. The normalized spacial score (nSPS) is 25.2. The monoisotopic (exact) mass is 288 g/mol. The van der Waals surface area contributed by atoms with Crippen LogP contribution in [0, 0.1) is 0 Å². The number of nitrogens with two attached hydrogens (primary N) is 1. The topological polar surface area (TPSA) is 45.4 Å². The Balaban J connectivity index is 1.68. The van der Waals surface area contributed by atoms with Crippen LogP contribution < -0.4 is 10.6 Å². The lowest BCUT2D eigenvalue weighted by Crippen LogP contribution is -2.41. The lowest BCUT2D eigenvalue weighted by molar-refractivity contribution is 0.174. The van der Waals surface area contributed by atoms with Crippen molar-refractivity contribution in [1.29, 1.82) is 0 Å². The number of likely N-dealkylation sites (tertiary alicyclic amines) is 1. The fraction of sp³-hybridized carbons (Fsp3) is 0.706. The summed E-state index contributed by atoms with van der Waals surface area (Å²) in [5.74, 6) is 1.16. The standard InChI is InChI=1S/C17H28N4/c1-14(18)12-15-6-5-8-19-17(15)21-11-7-16(13-21)20-9-3-2-4-10-20/h5-6,8,14,16H,2-4,7,9-13,18H2,1H3. The van der Waals surface area contributed by atoms with Crippen LogP contribution in [-0.4, -0.2) is 48.1 Å². The molecule has 3 rings (SSSR count). The molecule has 0 radical (unpaired) electrons. The van der Waals surface area contributed by atoms with E-state index in [9.17, 15) is 0 Å². The molecule has 0 aromatic carbocycles. The second kappa shape index (κ2) is 6.75. The summed E-state index contributed by atoms with van der Waals surface area (Å²) in [4.78, 5) is 9.81. The molecule has 2 aliphatic rings. The van der Waals surface area contributed by atoms with E-state index in [1.807, 2.05) is 12.3 Å². The fourth-order valence-electron chi connectivity index (χ4n) is 3.74. The van der Waals surface area contributed by atoms with E-state index in [2.05, 4.69) is 27.8 Å². The summed E-state index contributed by atoms with van der Waals surface area (Å²) in [5, 5.41) is 0. The largest absolute Gasteiger partial charge is 0.355 e. The van der Waals surface area contributed by atoms with Gasteiger partial charge >= 0.3 is 0 Å². The molecule has 2 unspecified atom stereocenters. The van der Waals surface area contributed by atoms with Crippen molar-refractivity contribution in [2.45, 2.75) is 51.1 Å². The molecule has 2 saturated heterocycles. The van der Waals surface area contributed by atoms with Crippen molar-refractivity contribution >= 4 is 5.82 Å². The molecule has 116 valence electrons. The number of nitrogens with zero attached hydrogens (tertiary/aromatic N) is 3. The number of hydrogen-bond donors (Lipinski definition) is 1. The first kappa shape index (κ1) is 14.8. The van der Waals surface area contributed by atoms with Gasteiger partial charge in [-0.2, -0.15) is 0 Å². The van der Waals surface area contributed by atoms with E-state index < -0.39 is 0 Å². The van der Waals surface area contributed by atoms with Gasteiger partial charge in [-0.3, -0.25) is 4.90 Å². The average Bonchev–Trinajstić information content (AvgIpc) is 2.98. The van der Waals surface area contributed by atoms with Crippen LogP contribution in [0.25, 0.3) is 0 Å². The predicted molar refractivity (Wildman–Crippen MR) is 87.6 cm³/mol. The molecule has 0 spiro atoms. The first-order valence-electron chi connectivity index (χ1n) is 8.42. The summed E-state index contributed by atoms with van der Waals surface area (Å²) in [6.07, 6.45) is 8.24. The van der Waals surface area contributed by atoms with Crippen molar-refractivity contribution in [2.24, 2.45) is 5.73 Å². The van der Waals surface area contributed by atoms with E-state index in [1.54, 1.807) is 0 Å². The van der Waals surface area contributed by atoms with Crippen molar-refractivity contribution in [3.05, 3.63) is 23.9 Å². The second-order valence-corrected chi connectivity index (χ2v) is 6.65. The van der Waals surface area contributed by atoms with Gasteiger partial charge in [-0.05, 0) is 57.3 Å². The van der Waals surface area contributed by atoms with Crippen LogP contribution >= 0.6 is 0 Å². The molecule has 0 aliphatic carbocycles. The molecule has 2 fully saturated rings. The van der Waals surface area contributed by atoms with Crippen LogP contribution in [0.15, 0.2) is 18.3 Å². The third-order valence-electron chi connectivity index (χ3n) is 4.78. The molecule has 2 atom stereocenters. The van der Waals surface area contributed by atoms with Crippen LogP contribution in [0.2, 0.25) is 0 Å². The van der Waals surface area contributed by atoms with Gasteiger partial charge in [-0.25, -0.2) is 4.98 Å². The summed E-state index contributed by atoms with van der Waals surface area (Å²) in [6, 6.07) is 5.11. The molecule has 21 heavy (non-hydrogen) atoms.